The Morgan fingerprint density at radius 2 is 1.57 bits per heavy atom. The van der Waals surface area contributed by atoms with E-state index >= 15 is 0 Å². The van der Waals surface area contributed by atoms with Crippen LogP contribution >= 0.6 is 0 Å². The van der Waals surface area contributed by atoms with Crippen LogP contribution in [0, 0.1) is 5.92 Å². The van der Waals surface area contributed by atoms with Gasteiger partial charge in [-0.25, -0.2) is 13.1 Å². The minimum Gasteiger partial charge on any atom is -0.212 e. The van der Waals surface area contributed by atoms with Crippen molar-refractivity contribution in [1.82, 2.24) is 4.72 Å². The molecule has 0 fully saturated rings. The third kappa shape index (κ3) is 4.42. The highest BCUT2D eigenvalue weighted by molar-refractivity contribution is 7.90. The van der Waals surface area contributed by atoms with Gasteiger partial charge in [0.15, 0.2) is 0 Å². The van der Waals surface area contributed by atoms with Gasteiger partial charge in [0.1, 0.15) is 0 Å². The van der Waals surface area contributed by atoms with E-state index in [2.05, 4.69) is 18.6 Å². The average molecular weight is 221 g/mol. The van der Waals surface area contributed by atoms with Gasteiger partial charge in [0.2, 0.25) is 10.0 Å². The molecule has 86 valence electrons. The zero-order chi connectivity index (χ0) is 11.6. The molecule has 4 heteroatoms. The Morgan fingerprint density at radius 3 is 1.86 bits per heavy atom. The molecule has 0 amide bonds. The molecule has 0 aromatic rings. The first-order chi connectivity index (χ1) is 6.06. The molecule has 0 rings (SSSR count). The van der Waals surface area contributed by atoms with Gasteiger partial charge >= 0.3 is 0 Å². The van der Waals surface area contributed by atoms with E-state index in [9.17, 15) is 8.42 Å². The first-order valence-corrected chi connectivity index (χ1v) is 6.56. The lowest BCUT2D eigenvalue weighted by atomic mass is 10.1. The Morgan fingerprint density at radius 1 is 1.14 bits per heavy atom. The number of nitrogens with one attached hydrogen (secondary N) is 1. The van der Waals surface area contributed by atoms with Crippen molar-refractivity contribution >= 4 is 10.0 Å². The lowest BCUT2D eigenvalue weighted by Gasteiger charge is -2.24. The lowest BCUT2D eigenvalue weighted by molar-refractivity contribution is 0.472. The minimum absolute atomic E-state index is 0.0132. The largest absolute Gasteiger partial charge is 0.216 e. The fourth-order valence-corrected chi connectivity index (χ4v) is 2.18. The van der Waals surface area contributed by atoms with Crippen molar-refractivity contribution in [3.8, 4) is 0 Å². The van der Waals surface area contributed by atoms with Gasteiger partial charge < -0.3 is 0 Å². The molecule has 0 aromatic carbocycles. The number of sulfonamides is 1. The summed E-state index contributed by atoms with van der Waals surface area (Å²) in [4.78, 5) is 0. The molecular weight excluding hydrogens is 198 g/mol. The summed E-state index contributed by atoms with van der Waals surface area (Å²) in [5.74, 6) is 0.507. The van der Waals surface area contributed by atoms with Crippen LogP contribution in [-0.4, -0.2) is 19.2 Å². The molecule has 3 nitrogen and oxygen atoms in total. The number of rotatable bonds is 4. The second-order valence-electron chi connectivity index (χ2n) is 5.26. The van der Waals surface area contributed by atoms with Gasteiger partial charge in [0.05, 0.1) is 4.75 Å². The summed E-state index contributed by atoms with van der Waals surface area (Å²) in [6, 6.07) is 0.0132. The summed E-state index contributed by atoms with van der Waals surface area (Å²) in [5, 5.41) is 0. The van der Waals surface area contributed by atoms with Crippen LogP contribution in [0.2, 0.25) is 0 Å². The maximum atomic E-state index is 11.7. The monoisotopic (exact) mass is 221 g/mol. The van der Waals surface area contributed by atoms with E-state index in [-0.39, 0.29) is 6.04 Å². The summed E-state index contributed by atoms with van der Waals surface area (Å²) in [6.07, 6.45) is 0.870. The molecule has 0 aliphatic carbocycles. The molecule has 0 radical (unpaired) electrons. The van der Waals surface area contributed by atoms with Gasteiger partial charge in [-0.2, -0.15) is 0 Å². The van der Waals surface area contributed by atoms with Crippen LogP contribution < -0.4 is 4.72 Å². The highest BCUT2D eigenvalue weighted by atomic mass is 32.2. The predicted octanol–water partition coefficient (Wildman–Crippen LogP) is 2.14. The molecule has 0 saturated heterocycles. The van der Waals surface area contributed by atoms with Gasteiger partial charge in [-0.05, 0) is 40.0 Å². The highest BCUT2D eigenvalue weighted by Gasteiger charge is 2.29. The fraction of sp³-hybridized carbons (Fsp3) is 1.00. The van der Waals surface area contributed by atoms with Crippen LogP contribution in [0.3, 0.4) is 0 Å². The standard InChI is InChI=1S/C10H23NO2S/c1-8(2)7-9(3)11-14(12,13)10(4,5)6/h8-9,11H,7H2,1-6H3/t9-/m1/s1. The SMILES string of the molecule is CC(C)C[C@@H](C)NS(=O)(=O)C(C)(C)C. The Hall–Kier alpha value is -0.0900. The Kier molecular flexibility index (Phi) is 4.59. The van der Waals surface area contributed by atoms with Crippen molar-refractivity contribution in [3.63, 3.8) is 0 Å². The quantitative estimate of drug-likeness (QED) is 0.790. The summed E-state index contributed by atoms with van der Waals surface area (Å²) >= 11 is 0. The van der Waals surface area contributed by atoms with Crippen molar-refractivity contribution in [2.75, 3.05) is 0 Å². The van der Waals surface area contributed by atoms with E-state index in [1.54, 1.807) is 20.8 Å². The number of hydrogen-bond acceptors (Lipinski definition) is 2. The van der Waals surface area contributed by atoms with Crippen LogP contribution in [-0.2, 0) is 10.0 Å². The van der Waals surface area contributed by atoms with Crippen molar-refractivity contribution in [2.24, 2.45) is 5.92 Å². The van der Waals surface area contributed by atoms with Crippen LogP contribution in [0.1, 0.15) is 48.0 Å². The first kappa shape index (κ1) is 13.9. The predicted molar refractivity (Wildman–Crippen MR) is 60.7 cm³/mol. The Bertz CT molecular complexity index is 262. The second-order valence-corrected chi connectivity index (χ2v) is 7.73. The van der Waals surface area contributed by atoms with E-state index in [1.807, 2.05) is 6.92 Å². The van der Waals surface area contributed by atoms with E-state index < -0.39 is 14.8 Å². The molecule has 1 N–H and O–H groups in total. The van der Waals surface area contributed by atoms with Gasteiger partial charge in [-0.3, -0.25) is 0 Å². The molecule has 0 spiro atoms. The van der Waals surface area contributed by atoms with Crippen molar-refractivity contribution in [1.29, 1.82) is 0 Å². The molecule has 0 bridgehead atoms. The van der Waals surface area contributed by atoms with Gasteiger partial charge in [-0.15, -0.1) is 0 Å². The Balaban J connectivity index is 4.39. The zero-order valence-electron chi connectivity index (χ0n) is 10.1. The smallest absolute Gasteiger partial charge is 0.212 e. The minimum atomic E-state index is -3.19. The summed E-state index contributed by atoms with van der Waals surface area (Å²) in [6.45, 7) is 11.2. The first-order valence-electron chi connectivity index (χ1n) is 5.08. The van der Waals surface area contributed by atoms with Gasteiger partial charge in [-0.1, -0.05) is 13.8 Å². The van der Waals surface area contributed by atoms with Crippen LogP contribution in [0.4, 0.5) is 0 Å². The Labute approximate surface area is 88.3 Å². The van der Waals surface area contributed by atoms with Crippen molar-refractivity contribution in [3.05, 3.63) is 0 Å². The zero-order valence-corrected chi connectivity index (χ0v) is 10.9. The molecule has 0 heterocycles. The second kappa shape index (κ2) is 4.62. The maximum absolute atomic E-state index is 11.7. The van der Waals surface area contributed by atoms with Crippen LogP contribution in [0.15, 0.2) is 0 Å². The highest BCUT2D eigenvalue weighted by Crippen LogP contribution is 2.15. The van der Waals surface area contributed by atoms with Crippen molar-refractivity contribution < 1.29 is 8.42 Å². The summed E-state index contributed by atoms with van der Waals surface area (Å²) < 4.78 is 25.4. The summed E-state index contributed by atoms with van der Waals surface area (Å²) in [5.41, 5.74) is 0. The third-order valence-electron chi connectivity index (χ3n) is 1.99. The lowest BCUT2D eigenvalue weighted by Crippen LogP contribution is -2.43. The topological polar surface area (TPSA) is 46.2 Å². The molecule has 0 saturated carbocycles. The van der Waals surface area contributed by atoms with Crippen LogP contribution in [0.25, 0.3) is 0 Å². The molecule has 0 aliphatic rings. The molecule has 0 unspecified atom stereocenters. The van der Waals surface area contributed by atoms with E-state index in [1.165, 1.54) is 0 Å². The van der Waals surface area contributed by atoms with Gasteiger partial charge in [0, 0.05) is 6.04 Å². The molecule has 0 aliphatic heterocycles. The molecule has 1 atom stereocenters. The average Bonchev–Trinajstić information content (AvgIpc) is 1.79. The third-order valence-corrected chi connectivity index (χ3v) is 4.31. The molecular formula is C10H23NO2S. The van der Waals surface area contributed by atoms with Gasteiger partial charge in [0.25, 0.3) is 0 Å². The van der Waals surface area contributed by atoms with E-state index in [4.69, 9.17) is 0 Å². The maximum Gasteiger partial charge on any atom is 0.216 e. The summed E-state index contributed by atoms with van der Waals surface area (Å²) in [7, 11) is -3.19. The fourth-order valence-electron chi connectivity index (χ4n) is 1.20. The van der Waals surface area contributed by atoms with E-state index in [0.29, 0.717) is 5.92 Å². The van der Waals surface area contributed by atoms with E-state index in [0.717, 1.165) is 6.42 Å². The molecule has 14 heavy (non-hydrogen) atoms. The number of hydrogen-bond donors (Lipinski definition) is 1. The van der Waals surface area contributed by atoms with Crippen molar-refractivity contribution in [2.45, 2.75) is 58.8 Å². The normalized spacial score (nSPS) is 15.9. The molecule has 0 aromatic heterocycles. The van der Waals surface area contributed by atoms with Crippen LogP contribution in [0.5, 0.6) is 0 Å².